The van der Waals surface area contributed by atoms with Crippen LogP contribution in [0.4, 0.5) is 10.5 Å². The Morgan fingerprint density at radius 1 is 1.25 bits per heavy atom. The number of likely N-dealkylation sites (tertiary alicyclic amines) is 1. The van der Waals surface area contributed by atoms with Gasteiger partial charge >= 0.3 is 6.03 Å². The third kappa shape index (κ3) is 4.40. The summed E-state index contributed by atoms with van der Waals surface area (Å²) in [6, 6.07) is 6.90. The molecule has 9 heteroatoms. The molecule has 0 aliphatic carbocycles. The number of hydrogen-bond donors (Lipinski definition) is 1. The van der Waals surface area contributed by atoms with Crippen LogP contribution < -0.4 is 19.5 Å². The molecule has 1 saturated heterocycles. The average molecular weight is 383 g/mol. The number of piperidine rings is 1. The van der Waals surface area contributed by atoms with Gasteiger partial charge in [0.1, 0.15) is 12.2 Å². The minimum Gasteiger partial charge on any atom is -0.493 e. The number of carbonyl (C=O) groups is 1. The van der Waals surface area contributed by atoms with Gasteiger partial charge in [0.05, 0.1) is 20.8 Å². The fourth-order valence-electron chi connectivity index (χ4n) is 2.98. The monoisotopic (exact) mass is 383 g/mol. The van der Waals surface area contributed by atoms with Crippen LogP contribution in [0.15, 0.2) is 30.6 Å². The molecule has 1 aromatic carbocycles. The van der Waals surface area contributed by atoms with Gasteiger partial charge in [0.25, 0.3) is 5.88 Å². The molecule has 1 N–H and O–H groups in total. The topological polar surface area (TPSA) is 110 Å². The molecule has 1 aliphatic rings. The van der Waals surface area contributed by atoms with E-state index in [-0.39, 0.29) is 23.7 Å². The predicted octanol–water partition coefficient (Wildman–Crippen LogP) is 2.44. The van der Waals surface area contributed by atoms with E-state index in [9.17, 15) is 4.79 Å². The lowest BCUT2D eigenvalue weighted by molar-refractivity contribution is 0.102. The number of urea groups is 1. The Morgan fingerprint density at radius 2 is 2.04 bits per heavy atom. The number of benzene rings is 1. The first-order valence-electron chi connectivity index (χ1n) is 8.80. The first-order valence-corrected chi connectivity index (χ1v) is 8.80. The van der Waals surface area contributed by atoms with Crippen molar-refractivity contribution in [3.05, 3.63) is 36.3 Å². The van der Waals surface area contributed by atoms with Crippen LogP contribution in [-0.4, -0.2) is 54.3 Å². The van der Waals surface area contributed by atoms with Crippen LogP contribution in [0.1, 0.15) is 18.5 Å². The summed E-state index contributed by atoms with van der Waals surface area (Å²) in [5.41, 5.74) is 0.737. The van der Waals surface area contributed by atoms with Gasteiger partial charge in [-0.1, -0.05) is 0 Å². The van der Waals surface area contributed by atoms with Gasteiger partial charge in [0.15, 0.2) is 11.5 Å². The lowest BCUT2D eigenvalue weighted by Gasteiger charge is -2.32. The second kappa shape index (κ2) is 8.90. The van der Waals surface area contributed by atoms with Gasteiger partial charge in [0, 0.05) is 30.7 Å². The van der Waals surface area contributed by atoms with Crippen molar-refractivity contribution in [1.82, 2.24) is 14.9 Å². The molecule has 2 amide bonds. The molecule has 0 radical (unpaired) electrons. The van der Waals surface area contributed by atoms with Gasteiger partial charge in [-0.15, -0.1) is 0 Å². The standard InChI is InChI=1S/C19H21N5O4/c1-26-16-6-5-13(10-17(16)27-2)23-19(25)24-9-3-4-14(12-24)28-18-15(11-20)21-7-8-22-18/h5-8,10,14H,3-4,9,12H2,1-2H3,(H,23,25). The van der Waals surface area contributed by atoms with E-state index in [0.717, 1.165) is 12.8 Å². The smallest absolute Gasteiger partial charge is 0.321 e. The lowest BCUT2D eigenvalue weighted by Crippen LogP contribution is -2.46. The SMILES string of the molecule is COc1ccc(NC(=O)N2CCCC(Oc3nccnc3C#N)C2)cc1OC. The zero-order valence-corrected chi connectivity index (χ0v) is 15.7. The molecule has 1 unspecified atom stereocenters. The Balaban J connectivity index is 1.64. The second-order valence-electron chi connectivity index (χ2n) is 6.15. The number of ether oxygens (including phenoxy) is 3. The molecule has 1 atom stereocenters. The van der Waals surface area contributed by atoms with E-state index in [1.54, 1.807) is 30.2 Å². The van der Waals surface area contributed by atoms with Crippen molar-refractivity contribution in [2.45, 2.75) is 18.9 Å². The van der Waals surface area contributed by atoms with Crippen LogP contribution in [-0.2, 0) is 0 Å². The Hall–Kier alpha value is -3.54. The number of nitriles is 1. The predicted molar refractivity (Wildman–Crippen MR) is 101 cm³/mol. The van der Waals surface area contributed by atoms with Gasteiger partial charge < -0.3 is 24.4 Å². The fraction of sp³-hybridized carbons (Fsp3) is 0.368. The van der Waals surface area contributed by atoms with Crippen LogP contribution in [0.25, 0.3) is 0 Å². The normalized spacial score (nSPS) is 16.0. The zero-order valence-electron chi connectivity index (χ0n) is 15.7. The number of carbonyl (C=O) groups excluding carboxylic acids is 1. The maximum absolute atomic E-state index is 12.6. The average Bonchev–Trinajstić information content (AvgIpc) is 2.74. The number of hydrogen-bond acceptors (Lipinski definition) is 7. The van der Waals surface area contributed by atoms with Crippen molar-refractivity contribution < 1.29 is 19.0 Å². The number of aromatic nitrogens is 2. The Labute approximate surface area is 162 Å². The Morgan fingerprint density at radius 3 is 2.79 bits per heavy atom. The van der Waals surface area contributed by atoms with E-state index in [2.05, 4.69) is 15.3 Å². The summed E-state index contributed by atoms with van der Waals surface area (Å²) < 4.78 is 16.3. The summed E-state index contributed by atoms with van der Waals surface area (Å²) in [7, 11) is 3.09. The molecular weight excluding hydrogens is 362 g/mol. The molecule has 2 heterocycles. The highest BCUT2D eigenvalue weighted by Gasteiger charge is 2.26. The molecule has 2 aromatic rings. The van der Waals surface area contributed by atoms with Crippen LogP contribution in [0.2, 0.25) is 0 Å². The van der Waals surface area contributed by atoms with Crippen molar-refractivity contribution in [3.8, 4) is 23.4 Å². The second-order valence-corrected chi connectivity index (χ2v) is 6.15. The van der Waals surface area contributed by atoms with Crippen molar-refractivity contribution in [2.75, 3.05) is 32.6 Å². The van der Waals surface area contributed by atoms with E-state index in [1.165, 1.54) is 19.5 Å². The number of nitrogens with zero attached hydrogens (tertiary/aromatic N) is 4. The van der Waals surface area contributed by atoms with Gasteiger partial charge in [-0.05, 0) is 25.0 Å². The third-order valence-electron chi connectivity index (χ3n) is 4.35. The summed E-state index contributed by atoms with van der Waals surface area (Å²) in [6.45, 7) is 1.01. The summed E-state index contributed by atoms with van der Waals surface area (Å²) in [5.74, 6) is 1.31. The summed E-state index contributed by atoms with van der Waals surface area (Å²) in [4.78, 5) is 22.3. The number of methoxy groups -OCH3 is 2. The molecule has 3 rings (SSSR count). The van der Waals surface area contributed by atoms with Crippen molar-refractivity contribution in [3.63, 3.8) is 0 Å². The van der Waals surface area contributed by atoms with Crippen molar-refractivity contribution >= 4 is 11.7 Å². The molecule has 1 aromatic heterocycles. The van der Waals surface area contributed by atoms with E-state index in [1.807, 2.05) is 6.07 Å². The molecule has 1 aliphatic heterocycles. The highest BCUT2D eigenvalue weighted by atomic mass is 16.5. The molecule has 0 spiro atoms. The zero-order chi connectivity index (χ0) is 19.9. The van der Waals surface area contributed by atoms with E-state index >= 15 is 0 Å². The van der Waals surface area contributed by atoms with Crippen LogP contribution >= 0.6 is 0 Å². The number of nitrogens with one attached hydrogen (secondary N) is 1. The summed E-state index contributed by atoms with van der Waals surface area (Å²) >= 11 is 0. The highest BCUT2D eigenvalue weighted by molar-refractivity contribution is 5.89. The third-order valence-corrected chi connectivity index (χ3v) is 4.35. The summed E-state index contributed by atoms with van der Waals surface area (Å²) in [5, 5.41) is 12.0. The fourth-order valence-corrected chi connectivity index (χ4v) is 2.98. The van der Waals surface area contributed by atoms with E-state index in [0.29, 0.717) is 30.3 Å². The van der Waals surface area contributed by atoms with Crippen LogP contribution in [0.3, 0.4) is 0 Å². The minimum atomic E-state index is -0.256. The van der Waals surface area contributed by atoms with Crippen LogP contribution in [0.5, 0.6) is 17.4 Å². The molecule has 1 fully saturated rings. The maximum Gasteiger partial charge on any atom is 0.321 e. The van der Waals surface area contributed by atoms with E-state index < -0.39 is 0 Å². The van der Waals surface area contributed by atoms with Gasteiger partial charge in [-0.2, -0.15) is 5.26 Å². The molecule has 9 nitrogen and oxygen atoms in total. The van der Waals surface area contributed by atoms with Crippen molar-refractivity contribution in [1.29, 1.82) is 5.26 Å². The van der Waals surface area contributed by atoms with Crippen LogP contribution in [0, 0.1) is 11.3 Å². The Bertz CT molecular complexity index is 883. The first kappa shape index (κ1) is 19.2. The van der Waals surface area contributed by atoms with Gasteiger partial charge in [-0.3, -0.25) is 0 Å². The number of anilines is 1. The quantitative estimate of drug-likeness (QED) is 0.844. The maximum atomic E-state index is 12.6. The number of amides is 2. The van der Waals surface area contributed by atoms with Gasteiger partial charge in [-0.25, -0.2) is 14.8 Å². The van der Waals surface area contributed by atoms with E-state index in [4.69, 9.17) is 19.5 Å². The molecule has 146 valence electrons. The first-order chi connectivity index (χ1) is 13.6. The Kier molecular flexibility index (Phi) is 6.11. The molecule has 0 bridgehead atoms. The molecular formula is C19H21N5O4. The largest absolute Gasteiger partial charge is 0.493 e. The number of rotatable bonds is 5. The van der Waals surface area contributed by atoms with Gasteiger partial charge in [0.2, 0.25) is 5.69 Å². The lowest BCUT2D eigenvalue weighted by atomic mass is 10.1. The molecule has 28 heavy (non-hydrogen) atoms. The summed E-state index contributed by atoms with van der Waals surface area (Å²) in [6.07, 6.45) is 4.21. The molecule has 0 saturated carbocycles. The van der Waals surface area contributed by atoms with Crippen molar-refractivity contribution in [2.24, 2.45) is 0 Å². The highest BCUT2D eigenvalue weighted by Crippen LogP contribution is 2.30. The minimum absolute atomic E-state index is 0.134.